The molecule has 1 rings (SSSR count). The Hall–Kier alpha value is -1.35. The van der Waals surface area contributed by atoms with Crippen LogP contribution in [0.2, 0.25) is 0 Å². The predicted molar refractivity (Wildman–Crippen MR) is 128 cm³/mol. The molecule has 0 atom stereocenters. The molecule has 0 saturated heterocycles. The minimum Gasteiger partial charge on any atom is -0.382 e. The summed E-state index contributed by atoms with van der Waals surface area (Å²) in [5.74, 6) is 0.898. The average Bonchev–Trinajstić information content (AvgIpc) is 2.70. The van der Waals surface area contributed by atoms with Gasteiger partial charge in [0.25, 0.3) is 5.91 Å². The minimum absolute atomic E-state index is 0. The molecule has 0 bridgehead atoms. The first-order valence-electron chi connectivity index (χ1n) is 10.1. The van der Waals surface area contributed by atoms with Crippen molar-refractivity contribution in [3.8, 4) is 0 Å². The maximum Gasteiger partial charge on any atom is 0.253 e. The second-order valence-corrected chi connectivity index (χ2v) is 6.20. The first kappa shape index (κ1) is 26.6. The van der Waals surface area contributed by atoms with Crippen molar-refractivity contribution in [1.82, 2.24) is 15.5 Å². The zero-order valence-corrected chi connectivity index (χ0v) is 20.1. The molecule has 0 aliphatic heterocycles. The Morgan fingerprint density at radius 3 is 2.29 bits per heavy atom. The second kappa shape index (κ2) is 16.6. The van der Waals surface area contributed by atoms with Crippen LogP contribution in [0.3, 0.4) is 0 Å². The van der Waals surface area contributed by atoms with Gasteiger partial charge in [-0.25, -0.2) is 4.99 Å². The van der Waals surface area contributed by atoms with E-state index in [1.807, 2.05) is 49.9 Å². The first-order valence-corrected chi connectivity index (χ1v) is 10.1. The van der Waals surface area contributed by atoms with Crippen LogP contribution >= 0.6 is 24.0 Å². The molecule has 1 aromatic rings. The maximum absolute atomic E-state index is 12.4. The van der Waals surface area contributed by atoms with Crippen molar-refractivity contribution in [3.63, 3.8) is 0 Å². The summed E-state index contributed by atoms with van der Waals surface area (Å²) in [4.78, 5) is 18.8. The molecule has 0 radical (unpaired) electrons. The summed E-state index contributed by atoms with van der Waals surface area (Å²) in [7, 11) is 0. The molecule has 2 N–H and O–H groups in total. The molecule has 0 aromatic heterocycles. The predicted octanol–water partition coefficient (Wildman–Crippen LogP) is 3.66. The van der Waals surface area contributed by atoms with E-state index in [0.29, 0.717) is 6.54 Å². The number of amides is 1. The highest BCUT2D eigenvalue weighted by atomic mass is 127. The first-order chi connectivity index (χ1) is 13.2. The van der Waals surface area contributed by atoms with Crippen LogP contribution in [0.5, 0.6) is 0 Å². The maximum atomic E-state index is 12.4. The third kappa shape index (κ3) is 10.3. The van der Waals surface area contributed by atoms with Crippen molar-refractivity contribution in [2.75, 3.05) is 39.4 Å². The average molecular weight is 504 g/mol. The van der Waals surface area contributed by atoms with E-state index in [0.717, 1.165) is 69.3 Å². The van der Waals surface area contributed by atoms with Gasteiger partial charge in [-0.15, -0.1) is 24.0 Å². The number of rotatable bonds is 12. The van der Waals surface area contributed by atoms with Gasteiger partial charge < -0.3 is 20.3 Å². The van der Waals surface area contributed by atoms with E-state index in [1.54, 1.807) is 0 Å². The van der Waals surface area contributed by atoms with Gasteiger partial charge in [-0.05, 0) is 58.2 Å². The summed E-state index contributed by atoms with van der Waals surface area (Å²) in [6, 6.07) is 7.73. The highest BCUT2D eigenvalue weighted by molar-refractivity contribution is 14.0. The largest absolute Gasteiger partial charge is 0.382 e. The number of hydrogen-bond donors (Lipinski definition) is 2. The molecular formula is C21H37IN4O2. The Morgan fingerprint density at radius 1 is 1.04 bits per heavy atom. The van der Waals surface area contributed by atoms with Crippen LogP contribution in [0.1, 0.15) is 56.5 Å². The normalized spacial score (nSPS) is 10.9. The lowest BCUT2D eigenvalue weighted by atomic mass is 10.1. The van der Waals surface area contributed by atoms with Gasteiger partial charge in [0.2, 0.25) is 0 Å². The Bertz CT molecular complexity index is 560. The zero-order chi connectivity index (χ0) is 19.9. The van der Waals surface area contributed by atoms with E-state index in [9.17, 15) is 4.79 Å². The third-order valence-corrected chi connectivity index (χ3v) is 4.23. The Morgan fingerprint density at radius 2 is 1.71 bits per heavy atom. The van der Waals surface area contributed by atoms with E-state index in [-0.39, 0.29) is 29.9 Å². The standard InChI is InChI=1S/C21H36N4O2.HI/c1-5-22-21(23-15-9-10-16-27-8-4)24-17-18-11-13-19(14-12-18)20(26)25(6-2)7-3;/h11-14H,5-10,15-17H2,1-4H3,(H2,22,23,24);1H. The van der Waals surface area contributed by atoms with Gasteiger partial charge in [0, 0.05) is 45.0 Å². The van der Waals surface area contributed by atoms with Crippen molar-refractivity contribution in [1.29, 1.82) is 0 Å². The van der Waals surface area contributed by atoms with Gasteiger partial charge in [0.05, 0.1) is 6.54 Å². The topological polar surface area (TPSA) is 66.0 Å². The van der Waals surface area contributed by atoms with Crippen molar-refractivity contribution in [3.05, 3.63) is 35.4 Å². The summed E-state index contributed by atoms with van der Waals surface area (Å²) in [6.45, 7) is 13.4. The van der Waals surface area contributed by atoms with Gasteiger partial charge >= 0.3 is 0 Å². The molecule has 0 fully saturated rings. The lowest BCUT2D eigenvalue weighted by Gasteiger charge is -2.18. The number of carbonyl (C=O) groups excluding carboxylic acids is 1. The summed E-state index contributed by atoms with van der Waals surface area (Å²) < 4.78 is 5.35. The quantitative estimate of drug-likeness (QED) is 0.197. The van der Waals surface area contributed by atoms with Crippen molar-refractivity contribution in [2.24, 2.45) is 4.99 Å². The number of carbonyl (C=O) groups is 1. The molecule has 28 heavy (non-hydrogen) atoms. The summed E-state index contributed by atoms with van der Waals surface area (Å²) >= 11 is 0. The highest BCUT2D eigenvalue weighted by Gasteiger charge is 2.11. The van der Waals surface area contributed by atoms with E-state index >= 15 is 0 Å². The number of guanidine groups is 1. The van der Waals surface area contributed by atoms with Crippen molar-refractivity contribution >= 4 is 35.8 Å². The van der Waals surface area contributed by atoms with Gasteiger partial charge in [0.1, 0.15) is 0 Å². The molecule has 0 saturated carbocycles. The van der Waals surface area contributed by atoms with Crippen LogP contribution in [-0.2, 0) is 11.3 Å². The van der Waals surface area contributed by atoms with Crippen LogP contribution in [0.15, 0.2) is 29.3 Å². The number of aliphatic imine (C=N–C) groups is 1. The van der Waals surface area contributed by atoms with Crippen molar-refractivity contribution in [2.45, 2.75) is 47.1 Å². The number of hydrogen-bond acceptors (Lipinski definition) is 3. The Kier molecular flexibility index (Phi) is 15.8. The van der Waals surface area contributed by atoms with E-state index < -0.39 is 0 Å². The fourth-order valence-corrected chi connectivity index (χ4v) is 2.64. The van der Waals surface area contributed by atoms with E-state index in [2.05, 4.69) is 22.5 Å². The van der Waals surface area contributed by atoms with Crippen molar-refractivity contribution < 1.29 is 9.53 Å². The molecular weight excluding hydrogens is 467 g/mol. The summed E-state index contributed by atoms with van der Waals surface area (Å²) in [6.07, 6.45) is 2.09. The van der Waals surface area contributed by atoms with Crippen LogP contribution in [-0.4, -0.2) is 56.2 Å². The molecule has 7 heteroatoms. The summed E-state index contributed by atoms with van der Waals surface area (Å²) in [5.41, 5.74) is 1.81. The lowest BCUT2D eigenvalue weighted by Crippen LogP contribution is -2.37. The Labute approximate surface area is 187 Å². The van der Waals surface area contributed by atoms with Gasteiger partial charge in [-0.3, -0.25) is 4.79 Å². The molecule has 0 heterocycles. The minimum atomic E-state index is 0. The molecule has 0 aliphatic carbocycles. The van der Waals surface area contributed by atoms with Crippen LogP contribution in [0.25, 0.3) is 0 Å². The lowest BCUT2D eigenvalue weighted by molar-refractivity contribution is 0.0773. The van der Waals surface area contributed by atoms with Gasteiger partial charge in [0.15, 0.2) is 5.96 Å². The molecule has 0 unspecified atom stereocenters. The van der Waals surface area contributed by atoms with Crippen LogP contribution in [0.4, 0.5) is 0 Å². The number of nitrogens with one attached hydrogen (secondary N) is 2. The third-order valence-electron chi connectivity index (χ3n) is 4.23. The molecule has 6 nitrogen and oxygen atoms in total. The smallest absolute Gasteiger partial charge is 0.253 e. The fourth-order valence-electron chi connectivity index (χ4n) is 2.64. The molecule has 1 aromatic carbocycles. The number of ether oxygens (including phenoxy) is 1. The zero-order valence-electron chi connectivity index (χ0n) is 17.8. The van der Waals surface area contributed by atoms with Gasteiger partial charge in [-0.2, -0.15) is 0 Å². The molecule has 160 valence electrons. The number of nitrogens with zero attached hydrogens (tertiary/aromatic N) is 2. The SMILES string of the molecule is CCNC(=NCc1ccc(C(=O)N(CC)CC)cc1)NCCCCOCC.I. The monoisotopic (exact) mass is 504 g/mol. The molecule has 1 amide bonds. The number of benzene rings is 1. The van der Waals surface area contributed by atoms with Crippen LogP contribution < -0.4 is 10.6 Å². The summed E-state index contributed by atoms with van der Waals surface area (Å²) in [5, 5.41) is 6.61. The highest BCUT2D eigenvalue weighted by Crippen LogP contribution is 2.09. The van der Waals surface area contributed by atoms with Gasteiger partial charge in [-0.1, -0.05) is 12.1 Å². The van der Waals surface area contributed by atoms with E-state index in [1.165, 1.54) is 0 Å². The number of halogens is 1. The fraction of sp³-hybridized carbons (Fsp3) is 0.619. The molecule has 0 spiro atoms. The Balaban J connectivity index is 0.00000729. The molecule has 0 aliphatic rings. The van der Waals surface area contributed by atoms with E-state index in [4.69, 9.17) is 4.74 Å². The second-order valence-electron chi connectivity index (χ2n) is 6.20. The number of unbranched alkanes of at least 4 members (excludes halogenated alkanes) is 1. The van der Waals surface area contributed by atoms with Crippen LogP contribution in [0, 0.1) is 0 Å².